The first kappa shape index (κ1) is 20.4. The lowest BCUT2D eigenvalue weighted by Gasteiger charge is -2.32. The zero-order valence-electron chi connectivity index (χ0n) is 17.1. The van der Waals surface area contributed by atoms with Crippen LogP contribution in [0.2, 0.25) is 0 Å². The van der Waals surface area contributed by atoms with Gasteiger partial charge in [-0.15, -0.1) is 0 Å². The highest BCUT2D eigenvalue weighted by molar-refractivity contribution is 5.95. The van der Waals surface area contributed by atoms with Gasteiger partial charge in [0.05, 0.1) is 36.8 Å². The van der Waals surface area contributed by atoms with Crippen LogP contribution in [-0.2, 0) is 23.1 Å². The van der Waals surface area contributed by atoms with Crippen LogP contribution in [0.4, 0.5) is 0 Å². The number of aryl methyl sites for hydroxylation is 3. The lowest BCUT2D eigenvalue weighted by atomic mass is 9.90. The van der Waals surface area contributed by atoms with Gasteiger partial charge in [0.1, 0.15) is 5.82 Å². The number of amides is 1. The maximum Gasteiger partial charge on any atom is 0.257 e. The van der Waals surface area contributed by atoms with Crippen molar-refractivity contribution in [3.05, 3.63) is 40.7 Å². The van der Waals surface area contributed by atoms with Crippen LogP contribution < -0.4 is 0 Å². The lowest BCUT2D eigenvalue weighted by molar-refractivity contribution is 0.0604. The van der Waals surface area contributed by atoms with E-state index < -0.39 is 0 Å². The van der Waals surface area contributed by atoms with Crippen LogP contribution >= 0.6 is 0 Å². The third kappa shape index (κ3) is 4.74. The van der Waals surface area contributed by atoms with E-state index in [4.69, 9.17) is 14.5 Å². The Morgan fingerprint density at radius 2 is 2.00 bits per heavy atom. The van der Waals surface area contributed by atoms with E-state index in [1.165, 1.54) is 0 Å². The molecule has 0 aromatic carbocycles. The average molecular weight is 387 g/mol. The summed E-state index contributed by atoms with van der Waals surface area (Å²) in [7, 11) is 3.50. The summed E-state index contributed by atoms with van der Waals surface area (Å²) in [6.07, 6.45) is 5.42. The summed E-state index contributed by atoms with van der Waals surface area (Å²) in [5, 5.41) is 4.28. The van der Waals surface area contributed by atoms with Crippen LogP contribution in [0.5, 0.6) is 0 Å². The van der Waals surface area contributed by atoms with Gasteiger partial charge in [-0.25, -0.2) is 9.97 Å². The molecule has 1 aliphatic rings. The fraction of sp³-hybridized carbons (Fsp3) is 0.600. The summed E-state index contributed by atoms with van der Waals surface area (Å²) in [4.78, 5) is 23.8. The third-order valence-corrected chi connectivity index (χ3v) is 5.12. The second kappa shape index (κ2) is 9.25. The van der Waals surface area contributed by atoms with Gasteiger partial charge >= 0.3 is 0 Å². The van der Waals surface area contributed by atoms with E-state index in [1.54, 1.807) is 18.0 Å². The fourth-order valence-electron chi connectivity index (χ4n) is 3.64. The topological polar surface area (TPSA) is 82.4 Å². The second-order valence-electron chi connectivity index (χ2n) is 7.24. The molecule has 0 unspecified atom stereocenters. The molecule has 0 spiro atoms. The quantitative estimate of drug-likeness (QED) is 0.676. The third-order valence-electron chi connectivity index (χ3n) is 5.12. The Hall–Kier alpha value is -2.32. The predicted molar refractivity (Wildman–Crippen MR) is 104 cm³/mol. The molecule has 1 saturated heterocycles. The van der Waals surface area contributed by atoms with Gasteiger partial charge in [-0.05, 0) is 26.7 Å². The first-order valence-corrected chi connectivity index (χ1v) is 9.68. The average Bonchev–Trinajstić information content (AvgIpc) is 3.04. The molecular weight excluding hydrogens is 358 g/mol. The SMILES string of the molecule is COCCOCc1cnc(C)nc1C1CCN(C(=O)c2cn(C)nc2C)CC1. The molecule has 1 fully saturated rings. The molecule has 0 aliphatic carbocycles. The number of likely N-dealkylation sites (tertiary alicyclic amines) is 1. The zero-order valence-corrected chi connectivity index (χ0v) is 17.1. The van der Waals surface area contributed by atoms with Crippen molar-refractivity contribution in [3.8, 4) is 0 Å². The van der Waals surface area contributed by atoms with E-state index in [-0.39, 0.29) is 5.91 Å². The van der Waals surface area contributed by atoms with Crippen molar-refractivity contribution >= 4 is 5.91 Å². The summed E-state index contributed by atoms with van der Waals surface area (Å²) in [5.41, 5.74) is 3.53. The van der Waals surface area contributed by atoms with Gasteiger partial charge in [-0.2, -0.15) is 5.10 Å². The Bertz CT molecular complexity index is 812. The number of nitrogens with zero attached hydrogens (tertiary/aromatic N) is 5. The van der Waals surface area contributed by atoms with Crippen LogP contribution in [0.25, 0.3) is 0 Å². The van der Waals surface area contributed by atoms with E-state index in [0.717, 1.165) is 35.6 Å². The van der Waals surface area contributed by atoms with E-state index in [9.17, 15) is 4.79 Å². The van der Waals surface area contributed by atoms with Crippen LogP contribution in [0.1, 0.15) is 51.9 Å². The number of methoxy groups -OCH3 is 1. The highest BCUT2D eigenvalue weighted by Gasteiger charge is 2.28. The number of aromatic nitrogens is 4. The van der Waals surface area contributed by atoms with Crippen molar-refractivity contribution in [3.63, 3.8) is 0 Å². The molecule has 0 atom stereocenters. The first-order valence-electron chi connectivity index (χ1n) is 9.68. The van der Waals surface area contributed by atoms with E-state index in [2.05, 4.69) is 10.1 Å². The number of carbonyl (C=O) groups excluding carboxylic acids is 1. The minimum Gasteiger partial charge on any atom is -0.382 e. The summed E-state index contributed by atoms with van der Waals surface area (Å²) in [6.45, 7) is 6.79. The molecule has 3 rings (SSSR count). The van der Waals surface area contributed by atoms with Gasteiger partial charge < -0.3 is 14.4 Å². The molecule has 1 aliphatic heterocycles. The predicted octanol–water partition coefficient (Wildman–Crippen LogP) is 2.01. The highest BCUT2D eigenvalue weighted by Crippen LogP contribution is 2.30. The molecule has 152 valence electrons. The number of ether oxygens (including phenoxy) is 2. The lowest BCUT2D eigenvalue weighted by Crippen LogP contribution is -2.38. The molecule has 0 saturated carbocycles. The largest absolute Gasteiger partial charge is 0.382 e. The summed E-state index contributed by atoms with van der Waals surface area (Å²) < 4.78 is 12.4. The molecule has 2 aromatic rings. The molecule has 0 radical (unpaired) electrons. The summed E-state index contributed by atoms with van der Waals surface area (Å²) in [5.74, 6) is 1.13. The fourth-order valence-corrected chi connectivity index (χ4v) is 3.64. The van der Waals surface area contributed by atoms with Crippen LogP contribution in [0.3, 0.4) is 0 Å². The molecule has 1 amide bonds. The zero-order chi connectivity index (χ0) is 20.1. The number of piperidine rings is 1. The van der Waals surface area contributed by atoms with Crippen molar-refractivity contribution < 1.29 is 14.3 Å². The maximum atomic E-state index is 12.8. The number of rotatable bonds is 7. The molecule has 3 heterocycles. The summed E-state index contributed by atoms with van der Waals surface area (Å²) >= 11 is 0. The first-order chi connectivity index (χ1) is 13.5. The van der Waals surface area contributed by atoms with Gasteiger partial charge in [0.15, 0.2) is 0 Å². The van der Waals surface area contributed by atoms with Crippen LogP contribution in [0.15, 0.2) is 12.4 Å². The molecule has 8 nitrogen and oxygen atoms in total. The highest BCUT2D eigenvalue weighted by atomic mass is 16.5. The molecule has 2 aromatic heterocycles. The van der Waals surface area contributed by atoms with Gasteiger partial charge in [-0.1, -0.05) is 0 Å². The van der Waals surface area contributed by atoms with E-state index in [0.29, 0.717) is 44.4 Å². The number of carbonyl (C=O) groups is 1. The van der Waals surface area contributed by atoms with Crippen LogP contribution in [-0.4, -0.2) is 64.0 Å². The van der Waals surface area contributed by atoms with Gasteiger partial charge in [0.25, 0.3) is 5.91 Å². The Morgan fingerprint density at radius 3 is 2.64 bits per heavy atom. The van der Waals surface area contributed by atoms with Crippen molar-refractivity contribution in [2.75, 3.05) is 33.4 Å². The van der Waals surface area contributed by atoms with Crippen molar-refractivity contribution in [2.24, 2.45) is 7.05 Å². The van der Waals surface area contributed by atoms with Gasteiger partial charge in [0, 0.05) is 51.1 Å². The Kier molecular flexibility index (Phi) is 6.74. The van der Waals surface area contributed by atoms with E-state index >= 15 is 0 Å². The smallest absolute Gasteiger partial charge is 0.257 e. The monoisotopic (exact) mass is 387 g/mol. The molecular formula is C20H29N5O3. The normalized spacial score (nSPS) is 15.2. The summed E-state index contributed by atoms with van der Waals surface area (Å²) in [6, 6.07) is 0. The molecule has 0 N–H and O–H groups in total. The maximum absolute atomic E-state index is 12.8. The Morgan fingerprint density at radius 1 is 1.25 bits per heavy atom. The number of hydrogen-bond acceptors (Lipinski definition) is 6. The molecule has 8 heteroatoms. The minimum atomic E-state index is 0.0611. The van der Waals surface area contributed by atoms with Crippen molar-refractivity contribution in [1.29, 1.82) is 0 Å². The van der Waals surface area contributed by atoms with Crippen molar-refractivity contribution in [1.82, 2.24) is 24.6 Å². The second-order valence-corrected chi connectivity index (χ2v) is 7.24. The Balaban J connectivity index is 1.65. The molecule has 0 bridgehead atoms. The molecule has 28 heavy (non-hydrogen) atoms. The number of hydrogen-bond donors (Lipinski definition) is 0. The Labute approximate surface area is 165 Å². The van der Waals surface area contributed by atoms with Crippen LogP contribution in [0, 0.1) is 13.8 Å². The van der Waals surface area contributed by atoms with Gasteiger partial charge in [-0.3, -0.25) is 9.48 Å². The van der Waals surface area contributed by atoms with E-state index in [1.807, 2.05) is 32.0 Å². The van der Waals surface area contributed by atoms with Gasteiger partial charge in [0.2, 0.25) is 0 Å². The standard InChI is InChI=1S/C20H29N5O3/c1-14-18(12-24(3)23-14)20(26)25-7-5-16(6-8-25)19-17(11-21-15(2)22-19)13-28-10-9-27-4/h11-12,16H,5-10,13H2,1-4H3. The van der Waals surface area contributed by atoms with Crippen molar-refractivity contribution in [2.45, 2.75) is 39.2 Å². The minimum absolute atomic E-state index is 0.0611.